The summed E-state index contributed by atoms with van der Waals surface area (Å²) in [7, 11) is 0. The minimum atomic E-state index is -0.805. The maximum Gasteiger partial charge on any atom is 0.321 e. The standard InChI is InChI=1S/C14H17BrN2O3/c1-9-6-11(15)2-3-12(9)16-14(20)17-5-4-10(8-17)7-13(18)19/h2-3,6,10H,4-5,7-8H2,1H3,(H,16,20)(H,18,19). The number of hydrogen-bond donors (Lipinski definition) is 2. The Bertz CT molecular complexity index is 533. The molecule has 1 saturated heterocycles. The molecule has 1 aliphatic rings. The van der Waals surface area contributed by atoms with Crippen molar-refractivity contribution in [2.75, 3.05) is 18.4 Å². The molecule has 2 amide bonds. The summed E-state index contributed by atoms with van der Waals surface area (Å²) < 4.78 is 0.968. The van der Waals surface area contributed by atoms with Crippen molar-refractivity contribution >= 4 is 33.6 Å². The highest BCUT2D eigenvalue weighted by atomic mass is 79.9. The lowest BCUT2D eigenvalue weighted by atomic mass is 10.1. The van der Waals surface area contributed by atoms with Crippen molar-refractivity contribution in [2.24, 2.45) is 5.92 Å². The van der Waals surface area contributed by atoms with Crippen LogP contribution in [0.15, 0.2) is 22.7 Å². The number of aliphatic carboxylic acids is 1. The Morgan fingerprint density at radius 2 is 2.25 bits per heavy atom. The number of rotatable bonds is 3. The molecular formula is C14H17BrN2O3. The van der Waals surface area contributed by atoms with Gasteiger partial charge in [0.15, 0.2) is 0 Å². The monoisotopic (exact) mass is 340 g/mol. The Labute approximate surface area is 126 Å². The summed E-state index contributed by atoms with van der Waals surface area (Å²) >= 11 is 3.38. The average molecular weight is 341 g/mol. The molecule has 1 heterocycles. The van der Waals surface area contributed by atoms with Crippen LogP contribution in [-0.2, 0) is 4.79 Å². The number of anilines is 1. The van der Waals surface area contributed by atoms with Crippen LogP contribution in [0.5, 0.6) is 0 Å². The van der Waals surface area contributed by atoms with Gasteiger partial charge < -0.3 is 15.3 Å². The first-order chi connectivity index (χ1) is 9.45. The number of hydrogen-bond acceptors (Lipinski definition) is 2. The second-order valence-electron chi connectivity index (χ2n) is 5.09. The van der Waals surface area contributed by atoms with Crippen molar-refractivity contribution < 1.29 is 14.7 Å². The van der Waals surface area contributed by atoms with E-state index in [1.807, 2.05) is 25.1 Å². The molecule has 0 aliphatic carbocycles. The van der Waals surface area contributed by atoms with Crippen LogP contribution < -0.4 is 5.32 Å². The molecule has 2 N–H and O–H groups in total. The highest BCUT2D eigenvalue weighted by Gasteiger charge is 2.27. The summed E-state index contributed by atoms with van der Waals surface area (Å²) in [6.07, 6.45) is 0.875. The lowest BCUT2D eigenvalue weighted by Gasteiger charge is -2.18. The van der Waals surface area contributed by atoms with E-state index in [1.165, 1.54) is 0 Å². The van der Waals surface area contributed by atoms with E-state index in [2.05, 4.69) is 21.2 Å². The van der Waals surface area contributed by atoms with Crippen molar-refractivity contribution in [2.45, 2.75) is 19.8 Å². The van der Waals surface area contributed by atoms with Gasteiger partial charge in [-0.25, -0.2) is 4.79 Å². The lowest BCUT2D eigenvalue weighted by molar-refractivity contribution is -0.138. The van der Waals surface area contributed by atoms with Crippen LogP contribution in [0.3, 0.4) is 0 Å². The fourth-order valence-electron chi connectivity index (χ4n) is 2.39. The normalized spacial score (nSPS) is 18.1. The Balaban J connectivity index is 1.94. The predicted octanol–water partition coefficient (Wildman–Crippen LogP) is 3.09. The molecule has 0 bridgehead atoms. The van der Waals surface area contributed by atoms with Crippen LogP contribution in [0.2, 0.25) is 0 Å². The molecule has 6 heteroatoms. The number of carboxylic acid groups (broad SMARTS) is 1. The van der Waals surface area contributed by atoms with E-state index in [1.54, 1.807) is 4.90 Å². The summed E-state index contributed by atoms with van der Waals surface area (Å²) in [5, 5.41) is 11.6. The largest absolute Gasteiger partial charge is 0.481 e. The van der Waals surface area contributed by atoms with Gasteiger partial charge >= 0.3 is 12.0 Å². The number of nitrogens with one attached hydrogen (secondary N) is 1. The number of nitrogens with zero attached hydrogens (tertiary/aromatic N) is 1. The lowest BCUT2D eigenvalue weighted by Crippen LogP contribution is -2.33. The molecule has 0 radical (unpaired) electrons. The van der Waals surface area contributed by atoms with Gasteiger partial charge in [-0.05, 0) is 43.0 Å². The van der Waals surface area contributed by atoms with Gasteiger partial charge in [0.1, 0.15) is 0 Å². The molecule has 0 spiro atoms. The van der Waals surface area contributed by atoms with Gasteiger partial charge in [-0.15, -0.1) is 0 Å². The Morgan fingerprint density at radius 1 is 1.50 bits per heavy atom. The molecule has 1 fully saturated rings. The molecule has 20 heavy (non-hydrogen) atoms. The highest BCUT2D eigenvalue weighted by Crippen LogP contribution is 2.23. The number of carboxylic acids is 1. The van der Waals surface area contributed by atoms with E-state index < -0.39 is 5.97 Å². The molecule has 1 atom stereocenters. The van der Waals surface area contributed by atoms with Crippen molar-refractivity contribution in [1.82, 2.24) is 4.90 Å². The molecule has 1 unspecified atom stereocenters. The third-order valence-corrected chi connectivity index (χ3v) is 3.96. The fraction of sp³-hybridized carbons (Fsp3) is 0.429. The van der Waals surface area contributed by atoms with E-state index in [0.29, 0.717) is 13.1 Å². The maximum absolute atomic E-state index is 12.1. The number of benzene rings is 1. The molecule has 5 nitrogen and oxygen atoms in total. The first-order valence-corrected chi connectivity index (χ1v) is 7.29. The van der Waals surface area contributed by atoms with Crippen molar-refractivity contribution in [3.05, 3.63) is 28.2 Å². The third kappa shape index (κ3) is 3.72. The molecule has 2 rings (SSSR count). The van der Waals surface area contributed by atoms with Gasteiger partial charge in [0, 0.05) is 29.7 Å². The van der Waals surface area contributed by atoms with Crippen LogP contribution in [-0.4, -0.2) is 35.1 Å². The second kappa shape index (κ2) is 6.26. The maximum atomic E-state index is 12.1. The number of halogens is 1. The molecule has 1 aromatic rings. The number of carbonyl (C=O) groups is 2. The fourth-order valence-corrected chi connectivity index (χ4v) is 2.87. The van der Waals surface area contributed by atoms with E-state index >= 15 is 0 Å². The van der Waals surface area contributed by atoms with Gasteiger partial charge in [0.25, 0.3) is 0 Å². The van der Waals surface area contributed by atoms with Crippen LogP contribution in [0.25, 0.3) is 0 Å². The summed E-state index contributed by atoms with van der Waals surface area (Å²) in [4.78, 5) is 24.5. The van der Waals surface area contributed by atoms with E-state index in [9.17, 15) is 9.59 Å². The van der Waals surface area contributed by atoms with E-state index in [4.69, 9.17) is 5.11 Å². The van der Waals surface area contributed by atoms with Gasteiger partial charge in [0.2, 0.25) is 0 Å². The second-order valence-corrected chi connectivity index (χ2v) is 6.00. The number of likely N-dealkylation sites (tertiary alicyclic amines) is 1. The topological polar surface area (TPSA) is 69.6 Å². The van der Waals surface area contributed by atoms with Crippen LogP contribution in [0.1, 0.15) is 18.4 Å². The minimum Gasteiger partial charge on any atom is -0.481 e. The number of carbonyl (C=O) groups excluding carboxylic acids is 1. The summed E-state index contributed by atoms with van der Waals surface area (Å²) in [5.74, 6) is -0.745. The molecule has 1 aliphatic heterocycles. The first-order valence-electron chi connectivity index (χ1n) is 6.49. The van der Waals surface area contributed by atoms with Crippen LogP contribution >= 0.6 is 15.9 Å². The molecule has 1 aromatic carbocycles. The summed E-state index contributed by atoms with van der Waals surface area (Å²) in [6.45, 7) is 3.05. The van der Waals surface area contributed by atoms with Gasteiger partial charge in [-0.3, -0.25) is 4.79 Å². The summed E-state index contributed by atoms with van der Waals surface area (Å²) in [5.41, 5.74) is 1.76. The third-order valence-electron chi connectivity index (χ3n) is 3.47. The minimum absolute atomic E-state index is 0.0595. The zero-order chi connectivity index (χ0) is 14.7. The van der Waals surface area contributed by atoms with E-state index in [0.717, 1.165) is 22.1 Å². The Morgan fingerprint density at radius 3 is 2.90 bits per heavy atom. The molecule has 0 saturated carbocycles. The Kier molecular flexibility index (Phi) is 4.65. The number of urea groups is 1. The average Bonchev–Trinajstić information content (AvgIpc) is 2.80. The highest BCUT2D eigenvalue weighted by molar-refractivity contribution is 9.10. The van der Waals surface area contributed by atoms with Crippen molar-refractivity contribution in [3.8, 4) is 0 Å². The molecule has 0 aromatic heterocycles. The van der Waals surface area contributed by atoms with Gasteiger partial charge in [-0.1, -0.05) is 15.9 Å². The van der Waals surface area contributed by atoms with Crippen molar-refractivity contribution in [3.63, 3.8) is 0 Å². The van der Waals surface area contributed by atoms with Gasteiger partial charge in [0.05, 0.1) is 0 Å². The SMILES string of the molecule is Cc1cc(Br)ccc1NC(=O)N1CCC(CC(=O)O)C1. The van der Waals surface area contributed by atoms with Crippen LogP contribution in [0, 0.1) is 12.8 Å². The number of aryl methyl sites for hydroxylation is 1. The Hall–Kier alpha value is -1.56. The quantitative estimate of drug-likeness (QED) is 0.888. The summed E-state index contributed by atoms with van der Waals surface area (Å²) in [6, 6.07) is 5.50. The predicted molar refractivity (Wildman–Crippen MR) is 79.8 cm³/mol. The molecular weight excluding hydrogens is 324 g/mol. The zero-order valence-electron chi connectivity index (χ0n) is 11.2. The number of amides is 2. The van der Waals surface area contributed by atoms with E-state index in [-0.39, 0.29) is 18.4 Å². The molecule has 108 valence electrons. The first kappa shape index (κ1) is 14.8. The van der Waals surface area contributed by atoms with Crippen molar-refractivity contribution in [1.29, 1.82) is 0 Å². The van der Waals surface area contributed by atoms with Gasteiger partial charge in [-0.2, -0.15) is 0 Å². The smallest absolute Gasteiger partial charge is 0.321 e. The van der Waals surface area contributed by atoms with Crippen LogP contribution in [0.4, 0.5) is 10.5 Å². The zero-order valence-corrected chi connectivity index (χ0v) is 12.8.